The van der Waals surface area contributed by atoms with Gasteiger partial charge < -0.3 is 5.11 Å². The van der Waals surface area contributed by atoms with E-state index in [2.05, 4.69) is 0 Å². The molecule has 1 rings (SSSR count). The Labute approximate surface area is 110 Å². The van der Waals surface area contributed by atoms with Crippen molar-refractivity contribution in [1.82, 2.24) is 0 Å². The third-order valence-electron chi connectivity index (χ3n) is 2.64. The van der Waals surface area contributed by atoms with E-state index in [9.17, 15) is 22.2 Å². The molecule has 0 saturated heterocycles. The SMILES string of the molecule is Cc1cc(F)ccc1N(C(C)(C)C(=O)O)S(=O)(=O)O. The maximum atomic E-state index is 13.0. The van der Waals surface area contributed by atoms with Crippen LogP contribution < -0.4 is 4.31 Å². The van der Waals surface area contributed by atoms with Crippen molar-refractivity contribution in [3.05, 3.63) is 29.6 Å². The summed E-state index contributed by atoms with van der Waals surface area (Å²) in [6, 6.07) is 3.13. The second-order valence-corrected chi connectivity index (χ2v) is 5.80. The predicted octanol–water partition coefficient (Wildman–Crippen LogP) is 1.61. The fourth-order valence-electron chi connectivity index (χ4n) is 1.65. The number of benzene rings is 1. The van der Waals surface area contributed by atoms with Crippen LogP contribution in [0.1, 0.15) is 19.4 Å². The zero-order valence-corrected chi connectivity index (χ0v) is 11.4. The molecule has 0 amide bonds. The average Bonchev–Trinajstić information content (AvgIpc) is 2.19. The smallest absolute Gasteiger partial charge is 0.361 e. The summed E-state index contributed by atoms with van der Waals surface area (Å²) in [4.78, 5) is 11.2. The molecule has 0 atom stereocenters. The third-order valence-corrected chi connectivity index (χ3v) is 3.75. The van der Waals surface area contributed by atoms with Gasteiger partial charge in [0.2, 0.25) is 0 Å². The van der Waals surface area contributed by atoms with Gasteiger partial charge in [0.25, 0.3) is 0 Å². The molecule has 0 bridgehead atoms. The minimum absolute atomic E-state index is 0.101. The van der Waals surface area contributed by atoms with Crippen LogP contribution in [0.3, 0.4) is 0 Å². The first kappa shape index (κ1) is 15.4. The summed E-state index contributed by atoms with van der Waals surface area (Å²) in [6.45, 7) is 3.65. The van der Waals surface area contributed by atoms with Gasteiger partial charge in [-0.2, -0.15) is 8.42 Å². The van der Waals surface area contributed by atoms with Crippen LogP contribution in [0.15, 0.2) is 18.2 Å². The number of rotatable bonds is 4. The average molecular weight is 291 g/mol. The molecule has 2 N–H and O–H groups in total. The highest BCUT2D eigenvalue weighted by molar-refractivity contribution is 7.87. The molecule has 0 aliphatic rings. The molecule has 6 nitrogen and oxygen atoms in total. The molecule has 1 aromatic rings. The zero-order chi connectivity index (χ0) is 15.0. The fourth-order valence-corrected chi connectivity index (χ4v) is 2.76. The topological polar surface area (TPSA) is 94.9 Å². The van der Waals surface area contributed by atoms with Crippen molar-refractivity contribution in [3.63, 3.8) is 0 Å². The van der Waals surface area contributed by atoms with E-state index in [1.54, 1.807) is 0 Å². The molecule has 0 fully saturated rings. The molecule has 0 spiro atoms. The monoisotopic (exact) mass is 291 g/mol. The molecule has 0 aromatic heterocycles. The lowest BCUT2D eigenvalue weighted by molar-refractivity contribution is -0.141. The van der Waals surface area contributed by atoms with Gasteiger partial charge in [-0.15, -0.1) is 0 Å². The lowest BCUT2D eigenvalue weighted by atomic mass is 10.0. The fraction of sp³-hybridized carbons (Fsp3) is 0.364. The van der Waals surface area contributed by atoms with E-state index in [1.807, 2.05) is 0 Å². The Bertz CT molecular complexity index is 612. The maximum absolute atomic E-state index is 13.0. The number of carboxylic acid groups (broad SMARTS) is 1. The second-order valence-electron chi connectivity index (χ2n) is 4.54. The highest BCUT2D eigenvalue weighted by Gasteiger charge is 2.42. The summed E-state index contributed by atoms with van der Waals surface area (Å²) >= 11 is 0. The Kier molecular flexibility index (Phi) is 3.87. The second kappa shape index (κ2) is 4.78. The number of aliphatic carboxylic acids is 1. The van der Waals surface area contributed by atoms with Crippen molar-refractivity contribution in [1.29, 1.82) is 0 Å². The molecular weight excluding hydrogens is 277 g/mol. The van der Waals surface area contributed by atoms with Crippen LogP contribution in [0.2, 0.25) is 0 Å². The molecule has 0 saturated carbocycles. The van der Waals surface area contributed by atoms with Crippen molar-refractivity contribution in [2.75, 3.05) is 4.31 Å². The van der Waals surface area contributed by atoms with Gasteiger partial charge in [0.15, 0.2) is 0 Å². The summed E-state index contributed by atoms with van der Waals surface area (Å²) in [5.41, 5.74) is -1.83. The van der Waals surface area contributed by atoms with Crippen LogP contribution in [-0.4, -0.2) is 29.6 Å². The Morgan fingerprint density at radius 3 is 2.26 bits per heavy atom. The zero-order valence-electron chi connectivity index (χ0n) is 10.6. The highest BCUT2D eigenvalue weighted by Crippen LogP contribution is 2.30. The molecule has 8 heteroatoms. The first-order valence-electron chi connectivity index (χ1n) is 5.25. The first-order valence-corrected chi connectivity index (χ1v) is 6.65. The Morgan fingerprint density at radius 1 is 1.37 bits per heavy atom. The van der Waals surface area contributed by atoms with E-state index < -0.39 is 27.6 Å². The van der Waals surface area contributed by atoms with Crippen LogP contribution >= 0.6 is 0 Å². The Morgan fingerprint density at radius 2 is 1.89 bits per heavy atom. The minimum Gasteiger partial charge on any atom is -0.479 e. The van der Waals surface area contributed by atoms with Gasteiger partial charge in [0, 0.05) is 0 Å². The van der Waals surface area contributed by atoms with Gasteiger partial charge in [-0.05, 0) is 44.5 Å². The summed E-state index contributed by atoms with van der Waals surface area (Å²) < 4.78 is 45.5. The summed E-state index contributed by atoms with van der Waals surface area (Å²) in [7, 11) is -4.83. The molecule has 0 unspecified atom stereocenters. The van der Waals surface area contributed by atoms with E-state index in [1.165, 1.54) is 6.92 Å². The normalized spacial score (nSPS) is 12.3. The van der Waals surface area contributed by atoms with E-state index in [0.717, 1.165) is 32.0 Å². The molecular formula is C11H14FNO5S. The quantitative estimate of drug-likeness (QED) is 0.822. The summed E-state index contributed by atoms with van der Waals surface area (Å²) in [6.07, 6.45) is 0. The summed E-state index contributed by atoms with van der Waals surface area (Å²) in [5, 5.41) is 9.09. The van der Waals surface area contributed by atoms with Crippen LogP contribution in [-0.2, 0) is 15.1 Å². The van der Waals surface area contributed by atoms with E-state index in [4.69, 9.17) is 5.11 Å². The molecule has 1 aromatic carbocycles. The largest absolute Gasteiger partial charge is 0.479 e. The third kappa shape index (κ3) is 3.02. The molecule has 19 heavy (non-hydrogen) atoms. The number of hydrogen-bond acceptors (Lipinski definition) is 3. The number of carboxylic acids is 1. The van der Waals surface area contributed by atoms with Crippen LogP contribution in [0.25, 0.3) is 0 Å². The Hall–Kier alpha value is -1.67. The standard InChI is InChI=1S/C11H14FNO5S/c1-7-6-8(12)4-5-9(7)13(19(16,17)18)11(2,3)10(14)15/h4-6H,1-3H3,(H,14,15)(H,16,17,18). The van der Waals surface area contributed by atoms with E-state index >= 15 is 0 Å². The number of nitrogens with zero attached hydrogens (tertiary/aromatic N) is 1. The Balaban J connectivity index is 3.55. The van der Waals surface area contributed by atoms with Gasteiger partial charge in [-0.3, -0.25) is 4.55 Å². The molecule has 0 heterocycles. The molecule has 0 aliphatic heterocycles. The van der Waals surface area contributed by atoms with Crippen LogP contribution in [0, 0.1) is 12.7 Å². The maximum Gasteiger partial charge on any atom is 0.361 e. The number of anilines is 1. The summed E-state index contributed by atoms with van der Waals surface area (Å²) in [5.74, 6) is -2.04. The van der Waals surface area contributed by atoms with Crippen LogP contribution in [0.5, 0.6) is 0 Å². The van der Waals surface area contributed by atoms with Gasteiger partial charge in [-0.1, -0.05) is 0 Å². The molecule has 106 valence electrons. The lowest BCUT2D eigenvalue weighted by Crippen LogP contribution is -2.53. The van der Waals surface area contributed by atoms with Gasteiger partial charge in [0.05, 0.1) is 5.69 Å². The number of hydrogen-bond donors (Lipinski definition) is 2. The van der Waals surface area contributed by atoms with Crippen molar-refractivity contribution < 1.29 is 27.3 Å². The van der Waals surface area contributed by atoms with Gasteiger partial charge in [0.1, 0.15) is 11.4 Å². The van der Waals surface area contributed by atoms with Crippen molar-refractivity contribution >= 4 is 22.0 Å². The lowest BCUT2D eigenvalue weighted by Gasteiger charge is -2.34. The van der Waals surface area contributed by atoms with Crippen molar-refractivity contribution in [3.8, 4) is 0 Å². The molecule has 0 aliphatic carbocycles. The van der Waals surface area contributed by atoms with E-state index in [0.29, 0.717) is 4.31 Å². The van der Waals surface area contributed by atoms with Gasteiger partial charge in [-0.25, -0.2) is 13.5 Å². The van der Waals surface area contributed by atoms with Gasteiger partial charge >= 0.3 is 16.3 Å². The minimum atomic E-state index is -4.83. The molecule has 0 radical (unpaired) electrons. The number of aryl methyl sites for hydroxylation is 1. The predicted molar refractivity (Wildman–Crippen MR) is 66.9 cm³/mol. The van der Waals surface area contributed by atoms with Crippen LogP contribution in [0.4, 0.5) is 10.1 Å². The van der Waals surface area contributed by atoms with E-state index in [-0.39, 0.29) is 11.3 Å². The number of halogens is 1. The number of carbonyl (C=O) groups is 1. The highest BCUT2D eigenvalue weighted by atomic mass is 32.2. The first-order chi connectivity index (χ1) is 8.48. The van der Waals surface area contributed by atoms with Crippen molar-refractivity contribution in [2.24, 2.45) is 0 Å². The van der Waals surface area contributed by atoms with Crippen molar-refractivity contribution in [2.45, 2.75) is 26.3 Å².